The Bertz CT molecular complexity index is 567. The third kappa shape index (κ3) is 4.58. The van der Waals surface area contributed by atoms with Crippen molar-refractivity contribution in [1.29, 1.82) is 0 Å². The van der Waals surface area contributed by atoms with Crippen LogP contribution in [0.15, 0.2) is 36.4 Å². The number of hydrogen-bond acceptors (Lipinski definition) is 4. The van der Waals surface area contributed by atoms with Crippen LogP contribution >= 0.6 is 0 Å². The van der Waals surface area contributed by atoms with E-state index < -0.39 is 0 Å². The van der Waals surface area contributed by atoms with Crippen LogP contribution in [-0.4, -0.2) is 20.4 Å². The van der Waals surface area contributed by atoms with Gasteiger partial charge in [-0.05, 0) is 61.1 Å². The number of rotatable bonds is 7. The summed E-state index contributed by atoms with van der Waals surface area (Å²) in [4.78, 5) is 0. The molecule has 0 amide bonds. The lowest BCUT2D eigenvalue weighted by molar-refractivity contribution is 0.403. The Morgan fingerprint density at radius 2 is 0.909 bits per heavy atom. The van der Waals surface area contributed by atoms with Crippen molar-refractivity contribution >= 4 is 0 Å². The van der Waals surface area contributed by atoms with Gasteiger partial charge >= 0.3 is 0 Å². The first-order valence-corrected chi connectivity index (χ1v) is 7.58. The highest BCUT2D eigenvalue weighted by atomic mass is 16.3. The predicted octanol–water partition coefficient (Wildman–Crippen LogP) is 3.85. The maximum absolute atomic E-state index is 9.42. The molecular formula is C18H22O4. The molecule has 0 spiro atoms. The van der Waals surface area contributed by atoms with E-state index in [1.807, 2.05) is 12.1 Å². The third-order valence-corrected chi connectivity index (χ3v) is 3.76. The number of unbranched alkanes of at least 4 members (excludes halogenated alkanes) is 3. The minimum absolute atomic E-state index is 0.0652. The molecule has 0 radical (unpaired) electrons. The molecule has 0 aliphatic carbocycles. The quantitative estimate of drug-likeness (QED) is 0.462. The Labute approximate surface area is 130 Å². The van der Waals surface area contributed by atoms with E-state index in [0.717, 1.165) is 49.7 Å². The molecule has 2 aromatic rings. The van der Waals surface area contributed by atoms with Gasteiger partial charge in [0.15, 0.2) is 23.0 Å². The number of phenols is 4. The molecule has 0 aliphatic heterocycles. The molecule has 0 aliphatic rings. The van der Waals surface area contributed by atoms with Crippen molar-refractivity contribution in [2.75, 3.05) is 0 Å². The topological polar surface area (TPSA) is 80.9 Å². The van der Waals surface area contributed by atoms with Crippen LogP contribution in [-0.2, 0) is 12.8 Å². The summed E-state index contributed by atoms with van der Waals surface area (Å²) in [5, 5.41) is 37.3. The van der Waals surface area contributed by atoms with Gasteiger partial charge in [0.25, 0.3) is 0 Å². The van der Waals surface area contributed by atoms with E-state index in [4.69, 9.17) is 0 Å². The number of aromatic hydroxyl groups is 4. The van der Waals surface area contributed by atoms with Crippen molar-refractivity contribution in [2.45, 2.75) is 38.5 Å². The summed E-state index contributed by atoms with van der Waals surface area (Å²) in [5.74, 6) is -0.295. The van der Waals surface area contributed by atoms with Crippen molar-refractivity contribution in [3.05, 3.63) is 47.5 Å². The van der Waals surface area contributed by atoms with Crippen molar-refractivity contribution in [1.82, 2.24) is 0 Å². The summed E-state index contributed by atoms with van der Waals surface area (Å²) >= 11 is 0. The van der Waals surface area contributed by atoms with Gasteiger partial charge in [-0.2, -0.15) is 0 Å². The fraction of sp³-hybridized carbons (Fsp3) is 0.333. The van der Waals surface area contributed by atoms with Gasteiger partial charge in [-0.1, -0.05) is 25.0 Å². The summed E-state index contributed by atoms with van der Waals surface area (Å²) in [7, 11) is 0. The van der Waals surface area contributed by atoms with Crippen LogP contribution in [0.3, 0.4) is 0 Å². The van der Waals surface area contributed by atoms with Gasteiger partial charge in [0, 0.05) is 0 Å². The fourth-order valence-electron chi connectivity index (χ4n) is 2.46. The van der Waals surface area contributed by atoms with Crippen LogP contribution in [0.2, 0.25) is 0 Å². The molecule has 4 heteroatoms. The van der Waals surface area contributed by atoms with Gasteiger partial charge in [-0.15, -0.1) is 0 Å². The van der Waals surface area contributed by atoms with Crippen LogP contribution in [0.25, 0.3) is 0 Å². The SMILES string of the molecule is Oc1ccc(CCCCCCc2ccc(O)c(O)c2)cc1O. The summed E-state index contributed by atoms with van der Waals surface area (Å²) in [6.45, 7) is 0. The Morgan fingerprint density at radius 3 is 1.27 bits per heavy atom. The second-order valence-corrected chi connectivity index (χ2v) is 5.56. The van der Waals surface area contributed by atoms with E-state index in [-0.39, 0.29) is 23.0 Å². The first-order chi connectivity index (χ1) is 10.6. The van der Waals surface area contributed by atoms with E-state index >= 15 is 0 Å². The van der Waals surface area contributed by atoms with Crippen LogP contribution in [0.4, 0.5) is 0 Å². The molecule has 0 fully saturated rings. The Balaban J connectivity index is 1.65. The molecule has 2 rings (SSSR count). The molecular weight excluding hydrogens is 280 g/mol. The molecule has 0 saturated carbocycles. The number of hydrogen-bond donors (Lipinski definition) is 4. The second-order valence-electron chi connectivity index (χ2n) is 5.56. The van der Waals surface area contributed by atoms with Crippen LogP contribution in [0.5, 0.6) is 23.0 Å². The zero-order valence-corrected chi connectivity index (χ0v) is 12.5. The molecule has 22 heavy (non-hydrogen) atoms. The minimum Gasteiger partial charge on any atom is -0.504 e. The lowest BCUT2D eigenvalue weighted by atomic mass is 10.0. The molecule has 0 aromatic heterocycles. The maximum atomic E-state index is 9.42. The highest BCUT2D eigenvalue weighted by Crippen LogP contribution is 2.26. The molecule has 0 bridgehead atoms. The average Bonchev–Trinajstić information content (AvgIpc) is 2.50. The lowest BCUT2D eigenvalue weighted by Crippen LogP contribution is -1.89. The summed E-state index contributed by atoms with van der Waals surface area (Å²) < 4.78 is 0. The Hall–Kier alpha value is -2.36. The van der Waals surface area contributed by atoms with Gasteiger partial charge < -0.3 is 20.4 Å². The first-order valence-electron chi connectivity index (χ1n) is 7.58. The predicted molar refractivity (Wildman–Crippen MR) is 85.4 cm³/mol. The fourth-order valence-corrected chi connectivity index (χ4v) is 2.46. The largest absolute Gasteiger partial charge is 0.504 e. The van der Waals surface area contributed by atoms with Gasteiger partial charge in [-0.3, -0.25) is 0 Å². The van der Waals surface area contributed by atoms with Crippen LogP contribution in [0, 0.1) is 0 Å². The van der Waals surface area contributed by atoms with Gasteiger partial charge in [0.2, 0.25) is 0 Å². The lowest BCUT2D eigenvalue weighted by Gasteiger charge is -2.05. The van der Waals surface area contributed by atoms with Crippen molar-refractivity contribution in [3.8, 4) is 23.0 Å². The molecule has 2 aromatic carbocycles. The first kappa shape index (κ1) is 16.0. The van der Waals surface area contributed by atoms with E-state index in [0.29, 0.717) is 0 Å². The molecule has 0 saturated heterocycles. The molecule has 0 heterocycles. The number of benzene rings is 2. The zero-order chi connectivity index (χ0) is 15.9. The van der Waals surface area contributed by atoms with Crippen molar-refractivity contribution in [2.24, 2.45) is 0 Å². The van der Waals surface area contributed by atoms with E-state index in [1.54, 1.807) is 12.1 Å². The number of aryl methyl sites for hydroxylation is 2. The van der Waals surface area contributed by atoms with Crippen molar-refractivity contribution < 1.29 is 20.4 Å². The molecule has 4 nitrogen and oxygen atoms in total. The molecule has 0 unspecified atom stereocenters. The highest BCUT2D eigenvalue weighted by Gasteiger charge is 2.02. The van der Waals surface area contributed by atoms with E-state index in [1.165, 1.54) is 12.1 Å². The average molecular weight is 302 g/mol. The molecule has 0 atom stereocenters. The van der Waals surface area contributed by atoms with E-state index in [9.17, 15) is 20.4 Å². The standard InChI is InChI=1S/C18H22O4/c19-15-9-7-13(11-17(15)21)5-3-1-2-4-6-14-8-10-16(20)18(22)12-14/h7-12,19-22H,1-6H2. The Kier molecular flexibility index (Phi) is 5.53. The normalized spacial score (nSPS) is 10.7. The van der Waals surface area contributed by atoms with Crippen molar-refractivity contribution in [3.63, 3.8) is 0 Å². The van der Waals surface area contributed by atoms with E-state index in [2.05, 4.69) is 0 Å². The summed E-state index contributed by atoms with van der Waals surface area (Å²) in [5.41, 5.74) is 2.05. The second kappa shape index (κ2) is 7.59. The highest BCUT2D eigenvalue weighted by molar-refractivity contribution is 5.41. The smallest absolute Gasteiger partial charge is 0.157 e. The van der Waals surface area contributed by atoms with Gasteiger partial charge in [0.1, 0.15) is 0 Å². The third-order valence-electron chi connectivity index (χ3n) is 3.76. The summed E-state index contributed by atoms with van der Waals surface area (Å²) in [6.07, 6.45) is 6.01. The van der Waals surface area contributed by atoms with Gasteiger partial charge in [-0.25, -0.2) is 0 Å². The molecule has 4 N–H and O–H groups in total. The van der Waals surface area contributed by atoms with Crippen LogP contribution in [0.1, 0.15) is 36.8 Å². The van der Waals surface area contributed by atoms with Gasteiger partial charge in [0.05, 0.1) is 0 Å². The minimum atomic E-state index is -0.0825. The zero-order valence-electron chi connectivity index (χ0n) is 12.5. The summed E-state index contributed by atoms with van der Waals surface area (Å²) in [6, 6.07) is 9.90. The number of phenolic OH excluding ortho intramolecular Hbond substituents is 4. The Morgan fingerprint density at radius 1 is 0.500 bits per heavy atom. The monoisotopic (exact) mass is 302 g/mol. The maximum Gasteiger partial charge on any atom is 0.157 e. The van der Waals surface area contributed by atoms with Crippen LogP contribution < -0.4 is 0 Å². The molecule has 118 valence electrons.